The molecule has 0 saturated carbocycles. The molecule has 1 nitrogen and oxygen atoms in total. The SMILES string of the molecule is C=Cc1ccc(OC2Cc3ccccc32)cc1. The van der Waals surface area contributed by atoms with E-state index in [0.29, 0.717) is 0 Å². The summed E-state index contributed by atoms with van der Waals surface area (Å²) < 4.78 is 5.94. The van der Waals surface area contributed by atoms with Crippen molar-refractivity contribution >= 4 is 6.08 Å². The molecule has 0 spiro atoms. The van der Waals surface area contributed by atoms with E-state index in [4.69, 9.17) is 4.74 Å². The van der Waals surface area contributed by atoms with Crippen LogP contribution in [-0.4, -0.2) is 0 Å². The number of benzene rings is 2. The van der Waals surface area contributed by atoms with E-state index < -0.39 is 0 Å². The summed E-state index contributed by atoms with van der Waals surface area (Å²) in [5, 5.41) is 0. The summed E-state index contributed by atoms with van der Waals surface area (Å²) in [4.78, 5) is 0. The Bertz CT molecular complexity index is 540. The molecule has 0 radical (unpaired) electrons. The normalized spacial score (nSPS) is 16.8. The first kappa shape index (κ1) is 10.2. The Morgan fingerprint density at radius 1 is 1.06 bits per heavy atom. The summed E-state index contributed by atoms with van der Waals surface area (Å²) >= 11 is 0. The quantitative estimate of drug-likeness (QED) is 0.762. The minimum absolute atomic E-state index is 0.223. The number of hydrogen-bond donors (Lipinski definition) is 0. The van der Waals surface area contributed by atoms with Crippen LogP contribution in [0.5, 0.6) is 5.75 Å². The molecule has 2 aromatic rings. The van der Waals surface area contributed by atoms with Crippen molar-refractivity contribution in [2.75, 3.05) is 0 Å². The molecule has 84 valence electrons. The summed E-state index contributed by atoms with van der Waals surface area (Å²) in [6, 6.07) is 16.5. The zero-order valence-corrected chi connectivity index (χ0v) is 9.60. The van der Waals surface area contributed by atoms with Crippen LogP contribution in [0, 0.1) is 0 Å². The van der Waals surface area contributed by atoms with Gasteiger partial charge in [-0.3, -0.25) is 0 Å². The Balaban J connectivity index is 1.75. The van der Waals surface area contributed by atoms with E-state index in [1.165, 1.54) is 11.1 Å². The van der Waals surface area contributed by atoms with Crippen LogP contribution in [0.4, 0.5) is 0 Å². The fraction of sp³-hybridized carbons (Fsp3) is 0.125. The van der Waals surface area contributed by atoms with Crippen molar-refractivity contribution in [3.8, 4) is 5.75 Å². The third-order valence-corrected chi connectivity index (χ3v) is 3.20. The first-order chi connectivity index (χ1) is 8.36. The van der Waals surface area contributed by atoms with Crippen molar-refractivity contribution in [2.24, 2.45) is 0 Å². The lowest BCUT2D eigenvalue weighted by Gasteiger charge is -2.30. The minimum Gasteiger partial charge on any atom is -0.485 e. The molecule has 0 aromatic heterocycles. The fourth-order valence-corrected chi connectivity index (χ4v) is 2.16. The first-order valence-corrected chi connectivity index (χ1v) is 5.84. The lowest BCUT2D eigenvalue weighted by molar-refractivity contribution is 0.181. The van der Waals surface area contributed by atoms with Gasteiger partial charge in [0.05, 0.1) is 0 Å². The van der Waals surface area contributed by atoms with Crippen LogP contribution in [0.1, 0.15) is 22.8 Å². The third-order valence-electron chi connectivity index (χ3n) is 3.20. The van der Waals surface area contributed by atoms with Gasteiger partial charge in [-0.05, 0) is 28.8 Å². The Labute approximate surface area is 101 Å². The number of rotatable bonds is 3. The molecule has 0 bridgehead atoms. The highest BCUT2D eigenvalue weighted by Crippen LogP contribution is 2.36. The highest BCUT2D eigenvalue weighted by atomic mass is 16.5. The molecule has 1 unspecified atom stereocenters. The summed E-state index contributed by atoms with van der Waals surface area (Å²) in [6.45, 7) is 3.74. The van der Waals surface area contributed by atoms with Gasteiger partial charge in [-0.15, -0.1) is 0 Å². The average Bonchev–Trinajstić information content (AvgIpc) is 2.37. The number of hydrogen-bond acceptors (Lipinski definition) is 1. The maximum atomic E-state index is 5.94. The number of ether oxygens (including phenoxy) is 1. The van der Waals surface area contributed by atoms with Gasteiger partial charge < -0.3 is 4.74 Å². The van der Waals surface area contributed by atoms with Crippen molar-refractivity contribution in [1.29, 1.82) is 0 Å². The predicted molar refractivity (Wildman–Crippen MR) is 70.0 cm³/mol. The van der Waals surface area contributed by atoms with Crippen LogP contribution < -0.4 is 4.74 Å². The second-order valence-electron chi connectivity index (χ2n) is 4.28. The molecular formula is C16H14O. The summed E-state index contributed by atoms with van der Waals surface area (Å²) in [6.07, 6.45) is 3.07. The summed E-state index contributed by atoms with van der Waals surface area (Å²) in [5.41, 5.74) is 3.84. The van der Waals surface area contributed by atoms with E-state index in [1.54, 1.807) is 0 Å². The molecule has 0 amide bonds. The average molecular weight is 222 g/mol. The Kier molecular flexibility index (Phi) is 2.45. The van der Waals surface area contributed by atoms with E-state index in [-0.39, 0.29) is 6.10 Å². The van der Waals surface area contributed by atoms with Crippen LogP contribution in [-0.2, 0) is 6.42 Å². The largest absolute Gasteiger partial charge is 0.485 e. The second-order valence-corrected chi connectivity index (χ2v) is 4.28. The van der Waals surface area contributed by atoms with Gasteiger partial charge in [0.2, 0.25) is 0 Å². The lowest BCUT2D eigenvalue weighted by Crippen LogP contribution is -2.22. The van der Waals surface area contributed by atoms with Crippen molar-refractivity contribution in [3.63, 3.8) is 0 Å². The standard InChI is InChI=1S/C16H14O/c1-2-12-7-9-14(10-8-12)17-16-11-13-5-3-4-6-15(13)16/h2-10,16H,1,11H2. The minimum atomic E-state index is 0.223. The van der Waals surface area contributed by atoms with Crippen molar-refractivity contribution in [3.05, 3.63) is 71.8 Å². The summed E-state index contributed by atoms with van der Waals surface area (Å²) in [7, 11) is 0. The first-order valence-electron chi connectivity index (χ1n) is 5.84. The monoisotopic (exact) mass is 222 g/mol. The molecule has 0 aliphatic heterocycles. The molecule has 0 saturated heterocycles. The third kappa shape index (κ3) is 1.84. The van der Waals surface area contributed by atoms with E-state index in [0.717, 1.165) is 17.7 Å². The Morgan fingerprint density at radius 2 is 1.82 bits per heavy atom. The zero-order valence-electron chi connectivity index (χ0n) is 9.60. The lowest BCUT2D eigenvalue weighted by atomic mass is 9.85. The van der Waals surface area contributed by atoms with Gasteiger partial charge in [-0.25, -0.2) is 0 Å². The molecule has 1 aliphatic carbocycles. The van der Waals surface area contributed by atoms with Crippen molar-refractivity contribution in [1.82, 2.24) is 0 Å². The van der Waals surface area contributed by atoms with Crippen LogP contribution >= 0.6 is 0 Å². The molecule has 0 fully saturated rings. The van der Waals surface area contributed by atoms with Gasteiger partial charge >= 0.3 is 0 Å². The van der Waals surface area contributed by atoms with Gasteiger partial charge in [0.1, 0.15) is 11.9 Å². The van der Waals surface area contributed by atoms with E-state index >= 15 is 0 Å². The molecule has 0 heterocycles. The maximum absolute atomic E-state index is 5.94. The van der Waals surface area contributed by atoms with Gasteiger partial charge in [0.25, 0.3) is 0 Å². The second kappa shape index (κ2) is 4.10. The zero-order chi connectivity index (χ0) is 11.7. The van der Waals surface area contributed by atoms with E-state index in [2.05, 4.69) is 30.8 Å². The van der Waals surface area contributed by atoms with Crippen LogP contribution in [0.2, 0.25) is 0 Å². The highest BCUT2D eigenvalue weighted by molar-refractivity contribution is 5.48. The summed E-state index contributed by atoms with van der Waals surface area (Å²) in [5.74, 6) is 0.926. The molecule has 3 rings (SSSR count). The van der Waals surface area contributed by atoms with Gasteiger partial charge in [-0.1, -0.05) is 49.1 Å². The topological polar surface area (TPSA) is 9.23 Å². The van der Waals surface area contributed by atoms with Gasteiger partial charge in [0, 0.05) is 6.42 Å². The predicted octanol–water partition coefficient (Wildman–Crippen LogP) is 4.01. The molecule has 2 aromatic carbocycles. The molecule has 1 aliphatic rings. The molecule has 17 heavy (non-hydrogen) atoms. The van der Waals surface area contributed by atoms with Crippen molar-refractivity contribution in [2.45, 2.75) is 12.5 Å². The number of fused-ring (bicyclic) bond motifs is 1. The molecule has 0 N–H and O–H groups in total. The highest BCUT2D eigenvalue weighted by Gasteiger charge is 2.26. The Morgan fingerprint density at radius 3 is 2.53 bits per heavy atom. The molecule has 1 atom stereocenters. The van der Waals surface area contributed by atoms with Crippen molar-refractivity contribution < 1.29 is 4.74 Å². The van der Waals surface area contributed by atoms with E-state index in [1.807, 2.05) is 30.3 Å². The van der Waals surface area contributed by atoms with Gasteiger partial charge in [0.15, 0.2) is 0 Å². The smallest absolute Gasteiger partial charge is 0.128 e. The fourth-order valence-electron chi connectivity index (χ4n) is 2.16. The van der Waals surface area contributed by atoms with Crippen LogP contribution in [0.3, 0.4) is 0 Å². The van der Waals surface area contributed by atoms with Gasteiger partial charge in [-0.2, -0.15) is 0 Å². The Hall–Kier alpha value is -2.02. The van der Waals surface area contributed by atoms with Crippen LogP contribution in [0.25, 0.3) is 6.08 Å². The van der Waals surface area contributed by atoms with E-state index in [9.17, 15) is 0 Å². The molecular weight excluding hydrogens is 208 g/mol. The maximum Gasteiger partial charge on any atom is 0.128 e. The van der Waals surface area contributed by atoms with Crippen LogP contribution in [0.15, 0.2) is 55.1 Å². The molecule has 1 heteroatoms.